The van der Waals surface area contributed by atoms with Gasteiger partial charge in [-0.05, 0) is 42.0 Å². The summed E-state index contributed by atoms with van der Waals surface area (Å²) in [4.78, 5) is 11.1. The Kier molecular flexibility index (Phi) is 5.56. The molecule has 0 aliphatic heterocycles. The first kappa shape index (κ1) is 16.8. The summed E-state index contributed by atoms with van der Waals surface area (Å²) in [6.07, 6.45) is -2.69. The zero-order valence-electron chi connectivity index (χ0n) is 12.7. The number of aliphatic hydroxyl groups is 2. The van der Waals surface area contributed by atoms with Gasteiger partial charge < -0.3 is 25.4 Å². The maximum absolute atomic E-state index is 11.1. The number of rotatable bonds is 6. The lowest BCUT2D eigenvalue weighted by Crippen LogP contribution is -2.22. The molecule has 0 radical (unpaired) electrons. The molecule has 0 saturated heterocycles. The summed E-state index contributed by atoms with van der Waals surface area (Å²) in [5.74, 6) is 0.631. The van der Waals surface area contributed by atoms with Crippen molar-refractivity contribution in [1.82, 2.24) is 0 Å². The summed E-state index contributed by atoms with van der Waals surface area (Å²) >= 11 is 0. The van der Waals surface area contributed by atoms with Crippen LogP contribution in [0.4, 0.5) is 5.69 Å². The van der Waals surface area contributed by atoms with Gasteiger partial charge in [0.2, 0.25) is 0 Å². The molecule has 0 fully saturated rings. The van der Waals surface area contributed by atoms with Crippen LogP contribution >= 0.6 is 0 Å². The second-order valence-corrected chi connectivity index (χ2v) is 5.03. The summed E-state index contributed by atoms with van der Waals surface area (Å²) in [6, 6.07) is 13.5. The van der Waals surface area contributed by atoms with Crippen molar-refractivity contribution in [2.24, 2.45) is 0 Å². The number of hydrogen-bond donors (Lipinski definition) is 3. The minimum atomic E-state index is -1.23. The van der Waals surface area contributed by atoms with Crippen LogP contribution < -0.4 is 10.5 Å². The van der Waals surface area contributed by atoms with E-state index in [1.54, 1.807) is 48.5 Å². The Morgan fingerprint density at radius 1 is 1.04 bits per heavy atom. The first-order valence-corrected chi connectivity index (χ1v) is 7.06. The maximum atomic E-state index is 11.1. The van der Waals surface area contributed by atoms with Crippen molar-refractivity contribution in [2.75, 3.05) is 12.8 Å². The van der Waals surface area contributed by atoms with Crippen LogP contribution in [0.3, 0.4) is 0 Å². The fraction of sp³-hybridized carbons (Fsp3) is 0.235. The Morgan fingerprint density at radius 3 is 2.09 bits per heavy atom. The lowest BCUT2D eigenvalue weighted by Gasteiger charge is -2.17. The molecule has 4 N–H and O–H groups in total. The van der Waals surface area contributed by atoms with Gasteiger partial charge in [0.05, 0.1) is 19.6 Å². The Morgan fingerprint density at radius 2 is 1.57 bits per heavy atom. The van der Waals surface area contributed by atoms with Crippen LogP contribution in [0.5, 0.6) is 11.5 Å². The molecule has 0 aliphatic carbocycles. The fourth-order valence-electron chi connectivity index (χ4n) is 1.99. The Bertz CT molecular complexity index is 639. The van der Waals surface area contributed by atoms with Crippen LogP contribution in [0.15, 0.2) is 48.5 Å². The third-order valence-electron chi connectivity index (χ3n) is 3.31. The topological polar surface area (TPSA) is 102 Å². The van der Waals surface area contributed by atoms with Crippen LogP contribution in [0.2, 0.25) is 0 Å². The van der Waals surface area contributed by atoms with Crippen molar-refractivity contribution >= 4 is 11.7 Å². The number of nitrogen functional groups attached to an aromatic ring is 1. The number of methoxy groups -OCH3 is 1. The Labute approximate surface area is 134 Å². The van der Waals surface area contributed by atoms with Crippen molar-refractivity contribution in [3.63, 3.8) is 0 Å². The fourth-order valence-corrected chi connectivity index (χ4v) is 1.99. The first-order chi connectivity index (χ1) is 11.0. The van der Waals surface area contributed by atoms with E-state index in [9.17, 15) is 15.0 Å². The highest BCUT2D eigenvalue weighted by molar-refractivity contribution is 5.69. The van der Waals surface area contributed by atoms with Gasteiger partial charge in [0.25, 0.3) is 0 Å². The van der Waals surface area contributed by atoms with Gasteiger partial charge in [-0.15, -0.1) is 0 Å². The van der Waals surface area contributed by atoms with E-state index in [4.69, 9.17) is 10.5 Å². The average Bonchev–Trinajstić information content (AvgIpc) is 2.56. The smallest absolute Gasteiger partial charge is 0.308 e. The standard InChI is InChI=1S/C17H19NO5/c1-22-16(20)10-15(19)17(21)11-2-6-13(7-3-11)23-14-8-4-12(18)5-9-14/h2-9,15,17,19,21H,10,18H2,1H3. The third-order valence-corrected chi connectivity index (χ3v) is 3.31. The zero-order chi connectivity index (χ0) is 16.8. The molecule has 2 aromatic rings. The highest BCUT2D eigenvalue weighted by atomic mass is 16.5. The second kappa shape index (κ2) is 7.62. The van der Waals surface area contributed by atoms with E-state index >= 15 is 0 Å². The summed E-state index contributed by atoms with van der Waals surface area (Å²) in [5.41, 5.74) is 6.73. The van der Waals surface area contributed by atoms with E-state index in [0.717, 1.165) is 0 Å². The molecule has 2 aromatic carbocycles. The monoisotopic (exact) mass is 317 g/mol. The predicted molar refractivity (Wildman–Crippen MR) is 85.0 cm³/mol. The van der Waals surface area contributed by atoms with E-state index in [1.807, 2.05) is 0 Å². The molecule has 6 nitrogen and oxygen atoms in total. The molecular weight excluding hydrogens is 298 g/mol. The lowest BCUT2D eigenvalue weighted by molar-refractivity contribution is -0.144. The molecule has 0 amide bonds. The number of carbonyl (C=O) groups is 1. The number of benzene rings is 2. The van der Waals surface area contributed by atoms with Gasteiger partial charge in [-0.1, -0.05) is 12.1 Å². The number of ether oxygens (including phenoxy) is 2. The summed E-state index contributed by atoms with van der Waals surface area (Å²) in [6.45, 7) is 0. The van der Waals surface area contributed by atoms with Gasteiger partial charge in [-0.25, -0.2) is 0 Å². The Hall–Kier alpha value is -2.57. The van der Waals surface area contributed by atoms with Gasteiger partial charge in [-0.2, -0.15) is 0 Å². The second-order valence-electron chi connectivity index (χ2n) is 5.03. The highest BCUT2D eigenvalue weighted by Gasteiger charge is 2.21. The van der Waals surface area contributed by atoms with E-state index in [2.05, 4.69) is 4.74 Å². The van der Waals surface area contributed by atoms with Gasteiger partial charge >= 0.3 is 5.97 Å². The minimum absolute atomic E-state index is 0.276. The van der Waals surface area contributed by atoms with E-state index in [0.29, 0.717) is 22.7 Å². The molecule has 0 aliphatic rings. The van der Waals surface area contributed by atoms with Gasteiger partial charge in [0, 0.05) is 5.69 Å². The third kappa shape index (κ3) is 4.70. The van der Waals surface area contributed by atoms with Gasteiger partial charge in [0.1, 0.15) is 17.6 Å². The van der Waals surface area contributed by atoms with Crippen molar-refractivity contribution in [3.05, 3.63) is 54.1 Å². The van der Waals surface area contributed by atoms with E-state index in [-0.39, 0.29) is 6.42 Å². The predicted octanol–water partition coefficient (Wildman–Crippen LogP) is 2.02. The quantitative estimate of drug-likeness (QED) is 0.556. The number of esters is 1. The molecule has 6 heteroatoms. The summed E-state index contributed by atoms with van der Waals surface area (Å²) in [7, 11) is 1.23. The van der Waals surface area contributed by atoms with Gasteiger partial charge in [0.15, 0.2) is 0 Å². The Balaban J connectivity index is 2.00. The van der Waals surface area contributed by atoms with Crippen LogP contribution in [0.1, 0.15) is 18.1 Å². The molecule has 23 heavy (non-hydrogen) atoms. The number of hydrogen-bond acceptors (Lipinski definition) is 6. The average molecular weight is 317 g/mol. The van der Waals surface area contributed by atoms with Crippen molar-refractivity contribution in [3.8, 4) is 11.5 Å². The molecule has 2 unspecified atom stereocenters. The maximum Gasteiger partial charge on any atom is 0.308 e. The van der Waals surface area contributed by atoms with Crippen LogP contribution in [0, 0.1) is 0 Å². The molecular formula is C17H19NO5. The molecule has 0 saturated carbocycles. The number of anilines is 1. The van der Waals surface area contributed by atoms with E-state index < -0.39 is 18.2 Å². The number of aliphatic hydroxyl groups excluding tert-OH is 2. The summed E-state index contributed by atoms with van der Waals surface area (Å²) in [5, 5.41) is 19.8. The minimum Gasteiger partial charge on any atom is -0.469 e. The molecule has 0 heterocycles. The molecule has 0 aromatic heterocycles. The largest absolute Gasteiger partial charge is 0.469 e. The lowest BCUT2D eigenvalue weighted by atomic mass is 10.0. The van der Waals surface area contributed by atoms with Crippen molar-refractivity contribution in [2.45, 2.75) is 18.6 Å². The molecule has 122 valence electrons. The number of carbonyl (C=O) groups excluding carboxylic acids is 1. The zero-order valence-corrected chi connectivity index (χ0v) is 12.7. The van der Waals surface area contributed by atoms with Crippen molar-refractivity contribution in [1.29, 1.82) is 0 Å². The molecule has 0 spiro atoms. The summed E-state index contributed by atoms with van der Waals surface area (Å²) < 4.78 is 10.1. The normalized spacial score (nSPS) is 13.2. The molecule has 0 bridgehead atoms. The van der Waals surface area contributed by atoms with Crippen molar-refractivity contribution < 1.29 is 24.5 Å². The van der Waals surface area contributed by atoms with Crippen LogP contribution in [-0.4, -0.2) is 29.4 Å². The molecule has 2 rings (SSSR count). The van der Waals surface area contributed by atoms with Crippen LogP contribution in [-0.2, 0) is 9.53 Å². The first-order valence-electron chi connectivity index (χ1n) is 7.06. The van der Waals surface area contributed by atoms with Crippen LogP contribution in [0.25, 0.3) is 0 Å². The number of nitrogens with two attached hydrogens (primary N) is 1. The van der Waals surface area contributed by atoms with Gasteiger partial charge in [-0.3, -0.25) is 4.79 Å². The SMILES string of the molecule is COC(=O)CC(O)C(O)c1ccc(Oc2ccc(N)cc2)cc1. The molecule has 2 atom stereocenters. The highest BCUT2D eigenvalue weighted by Crippen LogP contribution is 2.25. The van der Waals surface area contributed by atoms with E-state index in [1.165, 1.54) is 7.11 Å².